The average molecular weight is 384 g/mol. The van der Waals surface area contributed by atoms with Gasteiger partial charge < -0.3 is 4.98 Å². The zero-order chi connectivity index (χ0) is 18.7. The van der Waals surface area contributed by atoms with Gasteiger partial charge in [-0.25, -0.2) is 8.42 Å². The first-order valence-corrected chi connectivity index (χ1v) is 9.41. The van der Waals surface area contributed by atoms with Gasteiger partial charge in [0.15, 0.2) is 5.82 Å². The van der Waals surface area contributed by atoms with Gasteiger partial charge in [-0.2, -0.15) is 18.3 Å². The lowest BCUT2D eigenvalue weighted by molar-refractivity contribution is -0.137. The normalized spacial score (nSPS) is 15.5. The SMILES string of the molecule is Cc1cc(NS(=O)(=O)c2c[nH]c3cc(C(F)(F)F)ccc23)nn1C1CC1. The van der Waals surface area contributed by atoms with Gasteiger partial charge in [-0.3, -0.25) is 9.40 Å². The second-order valence-electron chi connectivity index (χ2n) is 6.36. The molecular formula is C16H15F3N4O2S. The molecule has 2 heterocycles. The third-order valence-electron chi connectivity index (χ3n) is 4.31. The van der Waals surface area contributed by atoms with E-state index < -0.39 is 21.8 Å². The molecule has 4 rings (SSSR count). The lowest BCUT2D eigenvalue weighted by Crippen LogP contribution is -2.13. The smallest absolute Gasteiger partial charge is 0.360 e. The second-order valence-corrected chi connectivity index (χ2v) is 8.01. The largest absolute Gasteiger partial charge is 0.416 e. The monoisotopic (exact) mass is 384 g/mol. The molecule has 0 radical (unpaired) electrons. The van der Waals surface area contributed by atoms with Crippen LogP contribution in [0.2, 0.25) is 0 Å². The Morgan fingerprint density at radius 3 is 2.65 bits per heavy atom. The molecule has 0 saturated heterocycles. The Balaban J connectivity index is 1.68. The van der Waals surface area contributed by atoms with Gasteiger partial charge >= 0.3 is 6.18 Å². The maximum absolute atomic E-state index is 12.8. The minimum Gasteiger partial charge on any atom is -0.360 e. The molecule has 1 aromatic carbocycles. The summed E-state index contributed by atoms with van der Waals surface area (Å²) in [5.41, 5.74) is 0.0985. The van der Waals surface area contributed by atoms with Crippen LogP contribution < -0.4 is 4.72 Å². The predicted octanol–water partition coefficient (Wildman–Crippen LogP) is 3.83. The molecule has 138 valence electrons. The van der Waals surface area contributed by atoms with Crippen LogP contribution in [0.4, 0.5) is 19.0 Å². The van der Waals surface area contributed by atoms with Crippen molar-refractivity contribution in [1.29, 1.82) is 0 Å². The van der Waals surface area contributed by atoms with E-state index >= 15 is 0 Å². The summed E-state index contributed by atoms with van der Waals surface area (Å²) in [6, 6.07) is 4.84. The summed E-state index contributed by atoms with van der Waals surface area (Å²) in [7, 11) is -3.99. The number of aromatic nitrogens is 3. The van der Waals surface area contributed by atoms with E-state index in [9.17, 15) is 21.6 Å². The van der Waals surface area contributed by atoms with Crippen molar-refractivity contribution in [1.82, 2.24) is 14.8 Å². The lowest BCUT2D eigenvalue weighted by Gasteiger charge is -2.07. The molecule has 3 aromatic rings. The van der Waals surface area contributed by atoms with Crippen LogP contribution in [-0.2, 0) is 16.2 Å². The van der Waals surface area contributed by atoms with Crippen LogP contribution in [0, 0.1) is 6.92 Å². The van der Waals surface area contributed by atoms with Crippen LogP contribution in [-0.4, -0.2) is 23.2 Å². The molecule has 0 aliphatic heterocycles. The van der Waals surface area contributed by atoms with E-state index in [2.05, 4.69) is 14.8 Å². The Morgan fingerprint density at radius 1 is 1.27 bits per heavy atom. The number of nitrogens with one attached hydrogen (secondary N) is 2. The fourth-order valence-corrected chi connectivity index (χ4v) is 4.08. The van der Waals surface area contributed by atoms with Crippen molar-refractivity contribution in [2.24, 2.45) is 0 Å². The first-order valence-electron chi connectivity index (χ1n) is 7.92. The summed E-state index contributed by atoms with van der Waals surface area (Å²) in [4.78, 5) is 2.47. The third kappa shape index (κ3) is 2.94. The van der Waals surface area contributed by atoms with Gasteiger partial charge in [0.1, 0.15) is 4.90 Å². The van der Waals surface area contributed by atoms with Crippen molar-refractivity contribution < 1.29 is 21.6 Å². The molecule has 0 spiro atoms. The molecule has 2 aromatic heterocycles. The van der Waals surface area contributed by atoms with E-state index in [0.717, 1.165) is 36.7 Å². The molecule has 0 bridgehead atoms. The van der Waals surface area contributed by atoms with Crippen molar-refractivity contribution in [2.75, 3.05) is 4.72 Å². The van der Waals surface area contributed by atoms with Crippen LogP contribution in [0.25, 0.3) is 10.9 Å². The van der Waals surface area contributed by atoms with Crippen LogP contribution >= 0.6 is 0 Å². The Morgan fingerprint density at radius 2 is 2.00 bits per heavy atom. The number of sulfonamides is 1. The first-order chi connectivity index (χ1) is 12.1. The summed E-state index contributed by atoms with van der Waals surface area (Å²) in [5.74, 6) is 0.190. The van der Waals surface area contributed by atoms with Gasteiger partial charge in [-0.1, -0.05) is 6.07 Å². The highest BCUT2D eigenvalue weighted by Gasteiger charge is 2.31. The number of alkyl halides is 3. The number of fused-ring (bicyclic) bond motifs is 1. The molecule has 26 heavy (non-hydrogen) atoms. The molecule has 1 saturated carbocycles. The van der Waals surface area contributed by atoms with Crippen LogP contribution in [0.3, 0.4) is 0 Å². The van der Waals surface area contributed by atoms with E-state index in [1.165, 1.54) is 6.20 Å². The predicted molar refractivity (Wildman–Crippen MR) is 89.3 cm³/mol. The fourth-order valence-electron chi connectivity index (χ4n) is 2.92. The molecule has 1 fully saturated rings. The Bertz CT molecular complexity index is 1090. The van der Waals surface area contributed by atoms with Gasteiger partial charge in [0.2, 0.25) is 0 Å². The summed E-state index contributed by atoms with van der Waals surface area (Å²) >= 11 is 0. The van der Waals surface area contributed by atoms with E-state index in [0.29, 0.717) is 6.04 Å². The highest BCUT2D eigenvalue weighted by molar-refractivity contribution is 7.93. The first kappa shape index (κ1) is 17.0. The van der Waals surface area contributed by atoms with E-state index in [4.69, 9.17) is 0 Å². The van der Waals surface area contributed by atoms with Gasteiger partial charge in [-0.15, -0.1) is 0 Å². The second kappa shape index (κ2) is 5.50. The van der Waals surface area contributed by atoms with Crippen molar-refractivity contribution in [3.63, 3.8) is 0 Å². The summed E-state index contributed by atoms with van der Waals surface area (Å²) in [5, 5.41) is 4.44. The van der Waals surface area contributed by atoms with Crippen molar-refractivity contribution >= 4 is 26.7 Å². The van der Waals surface area contributed by atoms with E-state index in [1.807, 2.05) is 6.92 Å². The molecule has 0 amide bonds. The average Bonchev–Trinajstić information content (AvgIpc) is 3.17. The van der Waals surface area contributed by atoms with Crippen LogP contribution in [0.5, 0.6) is 0 Å². The molecule has 0 unspecified atom stereocenters. The molecular weight excluding hydrogens is 369 g/mol. The van der Waals surface area contributed by atoms with Gasteiger partial charge in [0.05, 0.1) is 11.6 Å². The number of anilines is 1. The molecule has 6 nitrogen and oxygen atoms in total. The fraction of sp³-hybridized carbons (Fsp3) is 0.312. The van der Waals surface area contributed by atoms with Crippen LogP contribution in [0.1, 0.15) is 30.1 Å². The van der Waals surface area contributed by atoms with E-state index in [1.54, 1.807) is 10.7 Å². The quantitative estimate of drug-likeness (QED) is 0.718. The Kier molecular flexibility index (Phi) is 3.59. The number of hydrogen-bond acceptors (Lipinski definition) is 3. The number of nitrogens with zero attached hydrogens (tertiary/aromatic N) is 2. The number of hydrogen-bond donors (Lipinski definition) is 2. The molecule has 1 aliphatic carbocycles. The molecule has 1 aliphatic rings. The summed E-state index contributed by atoms with van der Waals surface area (Å²) < 4.78 is 67.9. The van der Waals surface area contributed by atoms with Gasteiger partial charge in [0.25, 0.3) is 10.0 Å². The number of halogens is 3. The molecule has 10 heteroatoms. The summed E-state index contributed by atoms with van der Waals surface area (Å²) in [6.07, 6.45) is -1.29. The lowest BCUT2D eigenvalue weighted by atomic mass is 10.1. The standard InChI is InChI=1S/C16H15F3N4O2S/c1-9-6-15(21-23(9)11-3-4-11)22-26(24,25)14-8-20-13-7-10(16(17,18)19)2-5-12(13)14/h2,5-8,11,20H,3-4H2,1H3,(H,21,22). The van der Waals surface area contributed by atoms with E-state index in [-0.39, 0.29) is 21.6 Å². The number of aryl methyl sites for hydroxylation is 1. The van der Waals surface area contributed by atoms with Gasteiger partial charge in [0, 0.05) is 28.9 Å². The number of H-pyrrole nitrogens is 1. The van der Waals surface area contributed by atoms with Crippen molar-refractivity contribution in [2.45, 2.75) is 36.9 Å². The minimum atomic E-state index is -4.50. The molecule has 0 atom stereocenters. The Labute approximate surface area is 147 Å². The van der Waals surface area contributed by atoms with Crippen molar-refractivity contribution in [3.05, 3.63) is 41.7 Å². The summed E-state index contributed by atoms with van der Waals surface area (Å²) in [6.45, 7) is 1.84. The maximum atomic E-state index is 12.8. The zero-order valence-corrected chi connectivity index (χ0v) is 14.4. The topological polar surface area (TPSA) is 79.8 Å². The third-order valence-corrected chi connectivity index (χ3v) is 5.71. The highest BCUT2D eigenvalue weighted by Crippen LogP contribution is 2.36. The number of benzene rings is 1. The maximum Gasteiger partial charge on any atom is 0.416 e. The van der Waals surface area contributed by atoms with Gasteiger partial charge in [-0.05, 0) is 31.9 Å². The molecule has 2 N–H and O–H groups in total. The minimum absolute atomic E-state index is 0.0971. The number of rotatable bonds is 4. The Hall–Kier alpha value is -2.49. The number of aromatic amines is 1. The van der Waals surface area contributed by atoms with Crippen molar-refractivity contribution in [3.8, 4) is 0 Å². The zero-order valence-electron chi connectivity index (χ0n) is 13.6. The highest BCUT2D eigenvalue weighted by atomic mass is 32.2. The van der Waals surface area contributed by atoms with Crippen LogP contribution in [0.15, 0.2) is 35.4 Å².